The first kappa shape index (κ1) is 16.4. The molecule has 0 N–H and O–H groups in total. The van der Waals surface area contributed by atoms with Crippen molar-refractivity contribution >= 4 is 17.2 Å². The van der Waals surface area contributed by atoms with E-state index in [9.17, 15) is 0 Å². The van der Waals surface area contributed by atoms with Crippen LogP contribution >= 0.6 is 0 Å². The Morgan fingerprint density at radius 3 is 2.59 bits per heavy atom. The number of benzene rings is 1. The Morgan fingerprint density at radius 1 is 1.04 bits per heavy atom. The molecular weight excluding hydrogens is 340 g/mol. The Bertz CT molecular complexity index is 943. The largest absolute Gasteiger partial charge is 0.492 e. The van der Waals surface area contributed by atoms with Crippen molar-refractivity contribution in [1.82, 2.24) is 19.6 Å². The van der Waals surface area contributed by atoms with E-state index >= 15 is 0 Å². The predicted molar refractivity (Wildman–Crippen MR) is 105 cm³/mol. The fourth-order valence-electron chi connectivity index (χ4n) is 3.83. The molecule has 3 aromatic rings. The molecule has 5 rings (SSSR count). The molecule has 7 nitrogen and oxygen atoms in total. The maximum absolute atomic E-state index is 5.80. The van der Waals surface area contributed by atoms with Crippen LogP contribution in [0.25, 0.3) is 5.65 Å². The summed E-state index contributed by atoms with van der Waals surface area (Å²) in [5.74, 6) is 3.55. The summed E-state index contributed by atoms with van der Waals surface area (Å²) in [5, 5.41) is 8.87. The summed E-state index contributed by atoms with van der Waals surface area (Å²) in [4.78, 5) is 9.34. The molecule has 1 aromatic carbocycles. The lowest BCUT2D eigenvalue weighted by molar-refractivity contribution is 0.340. The monoisotopic (exact) mass is 364 g/mol. The number of hydrogen-bond acceptors (Lipinski definition) is 6. The zero-order valence-corrected chi connectivity index (χ0v) is 15.6. The number of piperazine rings is 1. The third kappa shape index (κ3) is 2.97. The average Bonchev–Trinajstić information content (AvgIpc) is 3.47. The molecule has 140 valence electrons. The molecule has 0 unspecified atom stereocenters. The van der Waals surface area contributed by atoms with Crippen molar-refractivity contribution in [1.29, 1.82) is 0 Å². The van der Waals surface area contributed by atoms with Gasteiger partial charge in [-0.3, -0.25) is 4.40 Å². The molecule has 0 radical (unpaired) electrons. The Labute approximate surface area is 158 Å². The van der Waals surface area contributed by atoms with Crippen molar-refractivity contribution in [3.8, 4) is 5.75 Å². The summed E-state index contributed by atoms with van der Waals surface area (Å²) in [6, 6.07) is 8.28. The first-order valence-corrected chi connectivity index (χ1v) is 9.76. The molecule has 7 heteroatoms. The molecular formula is C20H24N6O. The van der Waals surface area contributed by atoms with Crippen LogP contribution < -0.4 is 14.5 Å². The molecule has 2 fully saturated rings. The van der Waals surface area contributed by atoms with Crippen LogP contribution in [0, 0.1) is 0 Å². The normalized spacial score (nSPS) is 17.5. The number of hydrogen-bond donors (Lipinski definition) is 0. The Kier molecular flexibility index (Phi) is 4.07. The van der Waals surface area contributed by atoms with Crippen LogP contribution in [-0.4, -0.2) is 52.4 Å². The lowest BCUT2D eigenvalue weighted by atomic mass is 10.2. The van der Waals surface area contributed by atoms with Gasteiger partial charge in [0.15, 0.2) is 5.82 Å². The van der Waals surface area contributed by atoms with Gasteiger partial charge in [-0.05, 0) is 31.9 Å². The second kappa shape index (κ2) is 6.72. The van der Waals surface area contributed by atoms with E-state index in [4.69, 9.17) is 4.74 Å². The Hall–Kier alpha value is -2.83. The zero-order chi connectivity index (χ0) is 18.2. The van der Waals surface area contributed by atoms with Gasteiger partial charge in [0.05, 0.1) is 12.3 Å². The SMILES string of the molecule is CCOc1ccccc1N1CCN(c2nccn3c(C4CC4)nnc23)CC1. The number of aromatic nitrogens is 4. The molecule has 0 atom stereocenters. The van der Waals surface area contributed by atoms with Crippen LogP contribution in [0.1, 0.15) is 31.5 Å². The van der Waals surface area contributed by atoms with Gasteiger partial charge in [-0.1, -0.05) is 12.1 Å². The van der Waals surface area contributed by atoms with E-state index in [-0.39, 0.29) is 0 Å². The van der Waals surface area contributed by atoms with Crippen LogP contribution in [0.5, 0.6) is 5.75 Å². The van der Waals surface area contributed by atoms with E-state index in [1.165, 1.54) is 18.5 Å². The van der Waals surface area contributed by atoms with Crippen molar-refractivity contribution in [2.24, 2.45) is 0 Å². The minimum absolute atomic E-state index is 0.571. The summed E-state index contributed by atoms with van der Waals surface area (Å²) in [6.07, 6.45) is 6.29. The molecule has 1 aliphatic carbocycles. The van der Waals surface area contributed by atoms with Crippen molar-refractivity contribution < 1.29 is 4.74 Å². The second-order valence-electron chi connectivity index (χ2n) is 7.15. The predicted octanol–water partition coefficient (Wildman–Crippen LogP) is 2.73. The minimum Gasteiger partial charge on any atom is -0.492 e. The fraction of sp³-hybridized carbons (Fsp3) is 0.450. The van der Waals surface area contributed by atoms with Gasteiger partial charge >= 0.3 is 0 Å². The van der Waals surface area contributed by atoms with Crippen LogP contribution in [0.4, 0.5) is 11.5 Å². The fourth-order valence-corrected chi connectivity index (χ4v) is 3.83. The molecule has 27 heavy (non-hydrogen) atoms. The summed E-state index contributed by atoms with van der Waals surface area (Å²) >= 11 is 0. The van der Waals surface area contributed by atoms with Gasteiger partial charge in [-0.15, -0.1) is 10.2 Å². The van der Waals surface area contributed by atoms with E-state index in [0.29, 0.717) is 12.5 Å². The maximum Gasteiger partial charge on any atom is 0.203 e. The maximum atomic E-state index is 5.80. The van der Waals surface area contributed by atoms with E-state index in [0.717, 1.165) is 49.2 Å². The number of fused-ring (bicyclic) bond motifs is 1. The van der Waals surface area contributed by atoms with E-state index in [1.54, 1.807) is 0 Å². The lowest BCUT2D eigenvalue weighted by Gasteiger charge is -2.37. The van der Waals surface area contributed by atoms with Crippen LogP contribution in [0.3, 0.4) is 0 Å². The molecule has 3 heterocycles. The number of para-hydroxylation sites is 2. The molecule has 2 aliphatic rings. The summed E-state index contributed by atoms with van der Waals surface area (Å²) in [6.45, 7) is 6.36. The van der Waals surface area contributed by atoms with Crippen molar-refractivity contribution in [3.63, 3.8) is 0 Å². The van der Waals surface area contributed by atoms with Gasteiger partial charge in [-0.25, -0.2) is 4.98 Å². The molecule has 0 amide bonds. The molecule has 1 aliphatic heterocycles. The Balaban J connectivity index is 1.36. The second-order valence-corrected chi connectivity index (χ2v) is 7.15. The first-order chi connectivity index (χ1) is 13.3. The zero-order valence-electron chi connectivity index (χ0n) is 15.6. The highest BCUT2D eigenvalue weighted by Gasteiger charge is 2.30. The standard InChI is InChI=1S/C20H24N6O/c1-2-27-17-6-4-3-5-16(17)24-11-13-25(14-12-24)19-20-23-22-18(15-7-8-15)26(20)10-9-21-19/h3-6,9-10,15H,2,7-8,11-14H2,1H3. The third-order valence-corrected chi connectivity index (χ3v) is 5.36. The van der Waals surface area contributed by atoms with Crippen LogP contribution in [-0.2, 0) is 0 Å². The Morgan fingerprint density at radius 2 is 1.81 bits per heavy atom. The van der Waals surface area contributed by atoms with Crippen molar-refractivity contribution in [2.75, 3.05) is 42.6 Å². The van der Waals surface area contributed by atoms with Gasteiger partial charge in [0.2, 0.25) is 5.65 Å². The van der Waals surface area contributed by atoms with Gasteiger partial charge in [0.1, 0.15) is 11.6 Å². The molecule has 2 aromatic heterocycles. The smallest absolute Gasteiger partial charge is 0.203 e. The lowest BCUT2D eigenvalue weighted by Crippen LogP contribution is -2.47. The van der Waals surface area contributed by atoms with Crippen LogP contribution in [0.15, 0.2) is 36.7 Å². The average molecular weight is 364 g/mol. The van der Waals surface area contributed by atoms with Crippen LogP contribution in [0.2, 0.25) is 0 Å². The molecule has 0 spiro atoms. The highest BCUT2D eigenvalue weighted by atomic mass is 16.5. The number of ether oxygens (including phenoxy) is 1. The molecule has 1 saturated carbocycles. The van der Waals surface area contributed by atoms with Gasteiger partial charge < -0.3 is 14.5 Å². The third-order valence-electron chi connectivity index (χ3n) is 5.36. The summed E-state index contributed by atoms with van der Waals surface area (Å²) < 4.78 is 7.92. The van der Waals surface area contributed by atoms with Gasteiger partial charge in [-0.2, -0.15) is 0 Å². The van der Waals surface area contributed by atoms with Gasteiger partial charge in [0.25, 0.3) is 0 Å². The van der Waals surface area contributed by atoms with E-state index in [2.05, 4.69) is 41.5 Å². The summed E-state index contributed by atoms with van der Waals surface area (Å²) in [7, 11) is 0. The number of nitrogens with zero attached hydrogens (tertiary/aromatic N) is 6. The van der Waals surface area contributed by atoms with Crippen molar-refractivity contribution in [2.45, 2.75) is 25.7 Å². The van der Waals surface area contributed by atoms with E-state index in [1.807, 2.05) is 31.5 Å². The first-order valence-electron chi connectivity index (χ1n) is 9.76. The number of anilines is 2. The molecule has 0 bridgehead atoms. The van der Waals surface area contributed by atoms with E-state index < -0.39 is 0 Å². The molecule has 1 saturated heterocycles. The van der Waals surface area contributed by atoms with Crippen molar-refractivity contribution in [3.05, 3.63) is 42.5 Å². The quantitative estimate of drug-likeness (QED) is 0.694. The highest BCUT2D eigenvalue weighted by Crippen LogP contribution is 2.39. The number of rotatable bonds is 5. The minimum atomic E-state index is 0.571. The van der Waals surface area contributed by atoms with Gasteiger partial charge in [0, 0.05) is 44.5 Å². The topological polar surface area (TPSA) is 58.8 Å². The highest BCUT2D eigenvalue weighted by molar-refractivity contribution is 5.65. The summed E-state index contributed by atoms with van der Waals surface area (Å²) in [5.41, 5.74) is 2.05.